The molecule has 0 aromatic carbocycles. The first kappa shape index (κ1) is 33.4. The van der Waals surface area contributed by atoms with Gasteiger partial charge in [0.15, 0.2) is 0 Å². The second kappa shape index (κ2) is 19.6. The molecular formula is C19H38NNaO9S. The second-order valence-corrected chi connectivity index (χ2v) is 9.08. The number of rotatable bonds is 19. The fourth-order valence-electron chi connectivity index (χ4n) is 3.04. The summed E-state index contributed by atoms with van der Waals surface area (Å²) in [5.41, 5.74) is 0. The van der Waals surface area contributed by atoms with Gasteiger partial charge in [-0.25, -0.2) is 8.42 Å². The Morgan fingerprint density at radius 3 is 1.65 bits per heavy atom. The van der Waals surface area contributed by atoms with E-state index < -0.39 is 52.9 Å². The van der Waals surface area contributed by atoms with Crippen LogP contribution >= 0.6 is 0 Å². The first-order valence-corrected chi connectivity index (χ1v) is 12.2. The standard InChI is InChI=1S/C19H39NO9S.Na/c21-13-16(23)19(26)18(25)15(22)11-9-7-5-3-1-2-4-6-8-10-12-17(24)20-14-30(27,28)29;/h15-16,18-19,21-23,25-26H,1-14H2,(H,20,24)(H,27,28,29);/q;+1/p-1/t15-,16+,18+,19+;/m0./s1. The first-order chi connectivity index (χ1) is 14.1. The quantitative estimate of drug-likeness (QED) is 0.0627. The van der Waals surface area contributed by atoms with Gasteiger partial charge in [0.25, 0.3) is 0 Å². The van der Waals surface area contributed by atoms with Crippen molar-refractivity contribution in [3.8, 4) is 0 Å². The van der Waals surface area contributed by atoms with Gasteiger partial charge in [-0.2, -0.15) is 0 Å². The van der Waals surface area contributed by atoms with Crippen molar-refractivity contribution in [3.63, 3.8) is 0 Å². The van der Waals surface area contributed by atoms with Gasteiger partial charge >= 0.3 is 29.6 Å². The van der Waals surface area contributed by atoms with Crippen LogP contribution in [0.4, 0.5) is 0 Å². The molecule has 10 nitrogen and oxygen atoms in total. The molecule has 180 valence electrons. The summed E-state index contributed by atoms with van der Waals surface area (Å²) in [4.78, 5) is 11.3. The van der Waals surface area contributed by atoms with Gasteiger partial charge in [0, 0.05) is 6.42 Å². The van der Waals surface area contributed by atoms with Crippen molar-refractivity contribution in [1.82, 2.24) is 5.32 Å². The molecule has 6 N–H and O–H groups in total. The minimum Gasteiger partial charge on any atom is -0.747 e. The van der Waals surface area contributed by atoms with Crippen LogP contribution in [0.25, 0.3) is 0 Å². The summed E-state index contributed by atoms with van der Waals surface area (Å²) in [6, 6.07) is 0. The largest absolute Gasteiger partial charge is 1.00 e. The predicted octanol–water partition coefficient (Wildman–Crippen LogP) is -3.27. The van der Waals surface area contributed by atoms with Crippen molar-refractivity contribution < 1.29 is 72.9 Å². The number of hydrogen-bond donors (Lipinski definition) is 6. The first-order valence-electron chi connectivity index (χ1n) is 10.6. The molecule has 0 radical (unpaired) electrons. The van der Waals surface area contributed by atoms with Crippen molar-refractivity contribution >= 4 is 16.0 Å². The van der Waals surface area contributed by atoms with E-state index >= 15 is 0 Å². The number of amides is 1. The van der Waals surface area contributed by atoms with E-state index in [9.17, 15) is 38.2 Å². The van der Waals surface area contributed by atoms with E-state index in [0.717, 1.165) is 51.4 Å². The molecule has 1 amide bonds. The summed E-state index contributed by atoms with van der Waals surface area (Å²) >= 11 is 0. The zero-order valence-corrected chi connectivity index (χ0v) is 21.3. The molecule has 0 spiro atoms. The van der Waals surface area contributed by atoms with Crippen molar-refractivity contribution in [3.05, 3.63) is 0 Å². The average Bonchev–Trinajstić information content (AvgIpc) is 2.70. The Balaban J connectivity index is 0. The zero-order chi connectivity index (χ0) is 23.0. The summed E-state index contributed by atoms with van der Waals surface area (Å²) < 4.78 is 31.2. The number of aliphatic hydroxyl groups is 5. The van der Waals surface area contributed by atoms with Crippen molar-refractivity contribution in [2.45, 2.75) is 101 Å². The van der Waals surface area contributed by atoms with E-state index in [-0.39, 0.29) is 36.0 Å². The second-order valence-electron chi connectivity index (χ2n) is 7.67. The normalized spacial score (nSPS) is 15.5. The molecule has 0 aliphatic carbocycles. The van der Waals surface area contributed by atoms with Gasteiger partial charge < -0.3 is 35.4 Å². The average molecular weight is 480 g/mol. The van der Waals surface area contributed by atoms with Crippen molar-refractivity contribution in [1.29, 1.82) is 0 Å². The van der Waals surface area contributed by atoms with Crippen LogP contribution in [0, 0.1) is 0 Å². The van der Waals surface area contributed by atoms with Crippen LogP contribution in [0.15, 0.2) is 0 Å². The molecular weight excluding hydrogens is 441 g/mol. The van der Waals surface area contributed by atoms with Gasteiger partial charge in [0.2, 0.25) is 5.91 Å². The Labute approximate surface area is 207 Å². The van der Waals surface area contributed by atoms with Gasteiger partial charge in [0.1, 0.15) is 34.3 Å². The number of hydrogen-bond acceptors (Lipinski definition) is 9. The van der Waals surface area contributed by atoms with Crippen LogP contribution in [0.1, 0.15) is 77.0 Å². The van der Waals surface area contributed by atoms with Gasteiger partial charge in [0.05, 0.1) is 12.7 Å². The number of aliphatic hydroxyl groups excluding tert-OH is 5. The topological polar surface area (TPSA) is 187 Å². The number of carbonyl (C=O) groups is 1. The maximum Gasteiger partial charge on any atom is 1.00 e. The number of nitrogens with one attached hydrogen (secondary N) is 1. The van der Waals surface area contributed by atoms with E-state index in [1.54, 1.807) is 0 Å². The molecule has 12 heteroatoms. The van der Waals surface area contributed by atoms with Gasteiger partial charge in [-0.15, -0.1) is 0 Å². The molecule has 0 bridgehead atoms. The fraction of sp³-hybridized carbons (Fsp3) is 0.947. The maximum absolute atomic E-state index is 11.3. The van der Waals surface area contributed by atoms with Crippen molar-refractivity contribution in [2.24, 2.45) is 0 Å². The van der Waals surface area contributed by atoms with Gasteiger partial charge in [-0.3, -0.25) is 4.79 Å². The van der Waals surface area contributed by atoms with E-state index in [2.05, 4.69) is 5.32 Å². The molecule has 0 heterocycles. The molecule has 0 aromatic rings. The third kappa shape index (κ3) is 19.4. The Kier molecular flexibility index (Phi) is 21.1. The van der Waals surface area contributed by atoms with Crippen LogP contribution in [0.2, 0.25) is 0 Å². The van der Waals surface area contributed by atoms with E-state index in [0.29, 0.717) is 19.3 Å². The molecule has 0 aliphatic rings. The SMILES string of the molecule is O=C(CCCCCCCCCCCC[C@H](O)[C@@H](O)[C@H](O)[C@H](O)CO)NCS(=O)(=O)[O-].[Na+]. The molecule has 0 saturated heterocycles. The third-order valence-electron chi connectivity index (χ3n) is 4.93. The molecule has 4 atom stereocenters. The van der Waals surface area contributed by atoms with Crippen LogP contribution in [0.5, 0.6) is 0 Å². The van der Waals surface area contributed by atoms with Gasteiger partial charge in [-0.05, 0) is 12.8 Å². The summed E-state index contributed by atoms with van der Waals surface area (Å²) in [6.45, 7) is -0.685. The molecule has 31 heavy (non-hydrogen) atoms. The van der Waals surface area contributed by atoms with Crippen LogP contribution in [-0.4, -0.2) is 81.3 Å². The minimum absolute atomic E-state index is 0. The fourth-order valence-corrected chi connectivity index (χ4v) is 3.38. The van der Waals surface area contributed by atoms with E-state index in [1.807, 2.05) is 0 Å². The van der Waals surface area contributed by atoms with E-state index in [4.69, 9.17) is 5.11 Å². The van der Waals surface area contributed by atoms with Crippen LogP contribution < -0.4 is 34.9 Å². The Morgan fingerprint density at radius 2 is 1.19 bits per heavy atom. The minimum atomic E-state index is -4.42. The third-order valence-corrected chi connectivity index (χ3v) is 5.42. The molecule has 0 saturated carbocycles. The van der Waals surface area contributed by atoms with Gasteiger partial charge in [-0.1, -0.05) is 57.8 Å². The van der Waals surface area contributed by atoms with E-state index in [1.165, 1.54) is 0 Å². The number of carbonyl (C=O) groups excluding carboxylic acids is 1. The summed E-state index contributed by atoms with van der Waals surface area (Å²) in [5, 5.41) is 49.1. The molecule has 0 unspecified atom stereocenters. The summed E-state index contributed by atoms with van der Waals surface area (Å²) in [5.74, 6) is -1.29. The predicted molar refractivity (Wildman–Crippen MR) is 109 cm³/mol. The molecule has 0 fully saturated rings. The summed E-state index contributed by atoms with van der Waals surface area (Å²) in [6.07, 6.45) is 4.17. The smallest absolute Gasteiger partial charge is 0.747 e. The van der Waals surface area contributed by atoms with Crippen LogP contribution in [0.3, 0.4) is 0 Å². The molecule has 0 aromatic heterocycles. The van der Waals surface area contributed by atoms with Crippen molar-refractivity contribution in [2.75, 3.05) is 12.5 Å². The maximum atomic E-state index is 11.3. The number of unbranched alkanes of at least 4 members (excludes halogenated alkanes) is 9. The molecule has 0 aliphatic heterocycles. The Hall–Kier alpha value is 0.180. The molecule has 0 rings (SSSR count). The van der Waals surface area contributed by atoms with Crippen LogP contribution in [-0.2, 0) is 14.9 Å². The monoisotopic (exact) mass is 479 g/mol. The summed E-state index contributed by atoms with van der Waals surface area (Å²) in [7, 11) is -4.42. The Morgan fingerprint density at radius 1 is 0.774 bits per heavy atom. The Bertz CT molecular complexity index is 550. The zero-order valence-electron chi connectivity index (χ0n) is 18.5.